The summed E-state index contributed by atoms with van der Waals surface area (Å²) in [7, 11) is 1.90. The van der Waals surface area contributed by atoms with Gasteiger partial charge in [-0.05, 0) is 32.6 Å². The van der Waals surface area contributed by atoms with Gasteiger partial charge in [0.05, 0.1) is 12.1 Å². The molecule has 1 heterocycles. The van der Waals surface area contributed by atoms with Crippen LogP contribution in [0.25, 0.3) is 0 Å². The van der Waals surface area contributed by atoms with E-state index < -0.39 is 0 Å². The lowest BCUT2D eigenvalue weighted by molar-refractivity contribution is -0.137. The first-order valence-electron chi connectivity index (χ1n) is 6.23. The van der Waals surface area contributed by atoms with Gasteiger partial charge in [-0.25, -0.2) is 0 Å². The molecule has 2 rings (SSSR count). The molecule has 1 aliphatic heterocycles. The number of carbonyl (C=O) groups is 1. The highest BCUT2D eigenvalue weighted by Crippen LogP contribution is 2.28. The number of rotatable bonds is 2. The molecule has 2 N–H and O–H groups in total. The molecule has 0 radical (unpaired) electrons. The number of likely N-dealkylation sites (N-methyl/N-ethyl adjacent to an activating group) is 1. The third-order valence-corrected chi connectivity index (χ3v) is 4.00. The summed E-state index contributed by atoms with van der Waals surface area (Å²) in [5.74, 6) is 0.406. The Morgan fingerprint density at radius 3 is 2.62 bits per heavy atom. The second-order valence-corrected chi connectivity index (χ2v) is 5.15. The lowest BCUT2D eigenvalue weighted by atomic mass is 10.0. The summed E-state index contributed by atoms with van der Waals surface area (Å²) in [5.41, 5.74) is 5.85. The van der Waals surface area contributed by atoms with E-state index in [1.807, 2.05) is 18.9 Å². The molecular weight excluding hydrogens is 204 g/mol. The number of carbonyl (C=O) groups excluding carboxylic acids is 1. The van der Waals surface area contributed by atoms with Crippen LogP contribution in [0.4, 0.5) is 0 Å². The fourth-order valence-electron chi connectivity index (χ4n) is 2.92. The van der Waals surface area contributed by atoms with E-state index in [1.54, 1.807) is 0 Å². The molecule has 0 spiro atoms. The van der Waals surface area contributed by atoms with Gasteiger partial charge in [0.2, 0.25) is 5.91 Å². The number of hydrogen-bond acceptors (Lipinski definition) is 3. The summed E-state index contributed by atoms with van der Waals surface area (Å²) >= 11 is 0. The monoisotopic (exact) mass is 226 g/mol. The Labute approximate surface area is 97.1 Å². The van der Waals surface area contributed by atoms with Gasteiger partial charge in [0, 0.05) is 25.6 Å². The Bertz CT molecular complexity index is 270. The van der Waals surface area contributed by atoms with Crippen molar-refractivity contribution in [2.45, 2.75) is 50.8 Å². The van der Waals surface area contributed by atoms with Crippen molar-refractivity contribution in [1.82, 2.24) is 4.90 Å². The minimum Gasteiger partial charge on any atom is -0.376 e. The van der Waals surface area contributed by atoms with Crippen molar-refractivity contribution in [1.29, 1.82) is 0 Å². The largest absolute Gasteiger partial charge is 0.376 e. The van der Waals surface area contributed by atoms with Crippen LogP contribution in [0, 0.1) is 5.92 Å². The lowest BCUT2D eigenvalue weighted by Gasteiger charge is -2.29. The number of nitrogens with zero attached hydrogens (tertiary/aromatic N) is 1. The molecule has 2 fully saturated rings. The van der Waals surface area contributed by atoms with Crippen LogP contribution < -0.4 is 5.73 Å². The molecule has 0 aromatic rings. The second kappa shape index (κ2) is 4.72. The summed E-state index contributed by atoms with van der Waals surface area (Å²) < 4.78 is 5.50. The average molecular weight is 226 g/mol. The molecule has 4 unspecified atom stereocenters. The Morgan fingerprint density at radius 1 is 1.38 bits per heavy atom. The average Bonchev–Trinajstić information content (AvgIpc) is 2.85. The molecular formula is C12H22N2O2. The molecule has 1 saturated carbocycles. The molecule has 2 aliphatic rings. The predicted molar refractivity (Wildman–Crippen MR) is 61.9 cm³/mol. The van der Waals surface area contributed by atoms with Gasteiger partial charge >= 0.3 is 0 Å². The van der Waals surface area contributed by atoms with Crippen LogP contribution in [0.15, 0.2) is 0 Å². The maximum absolute atomic E-state index is 12.2. The zero-order valence-corrected chi connectivity index (χ0v) is 10.2. The zero-order valence-electron chi connectivity index (χ0n) is 10.2. The van der Waals surface area contributed by atoms with Crippen molar-refractivity contribution in [3.63, 3.8) is 0 Å². The fraction of sp³-hybridized carbons (Fsp3) is 0.917. The summed E-state index contributed by atoms with van der Waals surface area (Å²) in [6.07, 6.45) is 3.92. The van der Waals surface area contributed by atoms with Crippen molar-refractivity contribution in [2.24, 2.45) is 11.7 Å². The van der Waals surface area contributed by atoms with E-state index >= 15 is 0 Å². The highest BCUT2D eigenvalue weighted by molar-refractivity contribution is 5.79. The van der Waals surface area contributed by atoms with Gasteiger partial charge in [-0.3, -0.25) is 4.79 Å². The van der Waals surface area contributed by atoms with Crippen LogP contribution in [-0.4, -0.2) is 42.6 Å². The molecule has 4 heteroatoms. The van der Waals surface area contributed by atoms with Crippen LogP contribution in [0.5, 0.6) is 0 Å². The molecule has 4 nitrogen and oxygen atoms in total. The van der Waals surface area contributed by atoms with Gasteiger partial charge in [-0.15, -0.1) is 0 Å². The van der Waals surface area contributed by atoms with Crippen molar-refractivity contribution in [2.75, 3.05) is 13.7 Å². The van der Waals surface area contributed by atoms with Gasteiger partial charge in [0.15, 0.2) is 0 Å². The first kappa shape index (κ1) is 11.9. The van der Waals surface area contributed by atoms with Crippen LogP contribution in [-0.2, 0) is 9.53 Å². The Morgan fingerprint density at radius 2 is 2.12 bits per heavy atom. The molecule has 4 atom stereocenters. The summed E-state index contributed by atoms with van der Waals surface area (Å²) in [6.45, 7) is 2.81. The number of ether oxygens (including phenoxy) is 1. The quantitative estimate of drug-likeness (QED) is 0.756. The number of nitrogens with two attached hydrogens (primary N) is 1. The van der Waals surface area contributed by atoms with Crippen LogP contribution in [0.2, 0.25) is 0 Å². The van der Waals surface area contributed by atoms with E-state index in [9.17, 15) is 4.79 Å². The standard InChI is InChI=1S/C12H22N2O2/c1-8-11(5-6-16-8)14(2)12(15)9-3-4-10(13)7-9/h8-11H,3-7,13H2,1-2H3. The minimum atomic E-state index is 0.146. The minimum absolute atomic E-state index is 0.146. The molecule has 92 valence electrons. The van der Waals surface area contributed by atoms with Gasteiger partial charge in [-0.2, -0.15) is 0 Å². The highest BCUT2D eigenvalue weighted by atomic mass is 16.5. The van der Waals surface area contributed by atoms with E-state index in [4.69, 9.17) is 10.5 Å². The van der Waals surface area contributed by atoms with Gasteiger partial charge < -0.3 is 15.4 Å². The van der Waals surface area contributed by atoms with Gasteiger partial charge in [0.25, 0.3) is 0 Å². The summed E-state index contributed by atoms with van der Waals surface area (Å²) in [6, 6.07) is 0.476. The van der Waals surface area contributed by atoms with E-state index in [1.165, 1.54) is 0 Å². The molecule has 1 amide bonds. The summed E-state index contributed by atoms with van der Waals surface area (Å²) in [4.78, 5) is 14.1. The van der Waals surface area contributed by atoms with Crippen molar-refractivity contribution in [3.8, 4) is 0 Å². The predicted octanol–water partition coefficient (Wildman–Crippen LogP) is 0.750. The first-order valence-corrected chi connectivity index (χ1v) is 6.23. The smallest absolute Gasteiger partial charge is 0.225 e. The van der Waals surface area contributed by atoms with Crippen molar-refractivity contribution < 1.29 is 9.53 Å². The first-order chi connectivity index (χ1) is 7.59. The Balaban J connectivity index is 1.93. The second-order valence-electron chi connectivity index (χ2n) is 5.15. The molecule has 0 aromatic heterocycles. The van der Waals surface area contributed by atoms with Crippen LogP contribution in [0.1, 0.15) is 32.6 Å². The summed E-state index contributed by atoms with van der Waals surface area (Å²) in [5, 5.41) is 0. The molecule has 1 saturated heterocycles. The van der Waals surface area contributed by atoms with E-state index in [2.05, 4.69) is 0 Å². The van der Waals surface area contributed by atoms with Gasteiger partial charge in [-0.1, -0.05) is 0 Å². The maximum atomic E-state index is 12.2. The maximum Gasteiger partial charge on any atom is 0.225 e. The van der Waals surface area contributed by atoms with Crippen LogP contribution >= 0.6 is 0 Å². The van der Waals surface area contributed by atoms with E-state index in [-0.39, 0.29) is 30.0 Å². The van der Waals surface area contributed by atoms with Crippen molar-refractivity contribution >= 4 is 5.91 Å². The third kappa shape index (κ3) is 2.23. The topological polar surface area (TPSA) is 55.6 Å². The Hall–Kier alpha value is -0.610. The number of hydrogen-bond donors (Lipinski definition) is 1. The SMILES string of the molecule is CC1OCCC1N(C)C(=O)C1CCC(N)C1. The van der Waals surface area contributed by atoms with Crippen molar-refractivity contribution in [3.05, 3.63) is 0 Å². The van der Waals surface area contributed by atoms with E-state index in [0.717, 1.165) is 32.3 Å². The highest BCUT2D eigenvalue weighted by Gasteiger charge is 2.35. The lowest BCUT2D eigenvalue weighted by Crippen LogP contribution is -2.43. The fourth-order valence-corrected chi connectivity index (χ4v) is 2.92. The molecule has 0 bridgehead atoms. The molecule has 1 aliphatic carbocycles. The zero-order chi connectivity index (χ0) is 11.7. The van der Waals surface area contributed by atoms with Gasteiger partial charge in [0.1, 0.15) is 0 Å². The van der Waals surface area contributed by atoms with E-state index in [0.29, 0.717) is 0 Å². The number of amides is 1. The van der Waals surface area contributed by atoms with Crippen LogP contribution in [0.3, 0.4) is 0 Å². The molecule has 0 aromatic carbocycles. The Kier molecular flexibility index (Phi) is 3.50. The molecule has 16 heavy (non-hydrogen) atoms. The normalized spacial score (nSPS) is 38.9. The third-order valence-electron chi connectivity index (χ3n) is 4.00.